The van der Waals surface area contributed by atoms with Crippen molar-refractivity contribution in [3.8, 4) is 0 Å². The summed E-state index contributed by atoms with van der Waals surface area (Å²) in [6, 6.07) is 8.10. The van der Waals surface area contributed by atoms with E-state index in [-0.39, 0.29) is 39.3 Å². The van der Waals surface area contributed by atoms with Crippen molar-refractivity contribution in [2.24, 2.45) is 5.16 Å². The summed E-state index contributed by atoms with van der Waals surface area (Å²) in [6.07, 6.45) is -5.41. The van der Waals surface area contributed by atoms with E-state index in [2.05, 4.69) is 15.8 Å². The van der Waals surface area contributed by atoms with E-state index in [1.54, 1.807) is 19.9 Å². The van der Waals surface area contributed by atoms with Gasteiger partial charge in [-0.2, -0.15) is 13.2 Å². The molecule has 1 aliphatic rings. The lowest BCUT2D eigenvalue weighted by Gasteiger charge is -2.29. The largest absolute Gasteiger partial charge is 0.435 e. The van der Waals surface area contributed by atoms with Gasteiger partial charge in [-0.25, -0.2) is 0 Å². The third kappa shape index (κ3) is 5.25. The minimum atomic E-state index is -4.81. The Labute approximate surface area is 198 Å². The quantitative estimate of drug-likeness (QED) is 0.599. The second-order valence-electron chi connectivity index (χ2n) is 7.45. The van der Waals surface area contributed by atoms with Gasteiger partial charge in [0.1, 0.15) is 0 Å². The van der Waals surface area contributed by atoms with Gasteiger partial charge in [0, 0.05) is 34.1 Å². The monoisotopic (exact) mass is 501 g/mol. The predicted octanol–water partition coefficient (Wildman–Crippen LogP) is 4.75. The van der Waals surface area contributed by atoms with Crippen LogP contribution in [-0.4, -0.2) is 36.8 Å². The fourth-order valence-corrected chi connectivity index (χ4v) is 3.98. The molecule has 1 aliphatic heterocycles. The third-order valence-corrected chi connectivity index (χ3v) is 5.54. The van der Waals surface area contributed by atoms with Gasteiger partial charge in [0.05, 0.1) is 12.3 Å². The van der Waals surface area contributed by atoms with Crippen molar-refractivity contribution >= 4 is 40.7 Å². The lowest BCUT2D eigenvalue weighted by molar-refractivity contribution is -0.275. The van der Waals surface area contributed by atoms with Crippen LogP contribution in [0.25, 0.3) is 0 Å². The number of alkyl halides is 3. The minimum Gasteiger partial charge on any atom is -0.374 e. The first-order chi connectivity index (χ1) is 15.5. The van der Waals surface area contributed by atoms with E-state index in [9.17, 15) is 22.8 Å². The van der Waals surface area contributed by atoms with Crippen molar-refractivity contribution in [2.75, 3.05) is 13.1 Å². The maximum Gasteiger partial charge on any atom is 0.435 e. The number of likely N-dealkylation sites (N-methyl/N-ethyl adjacent to an activating group) is 1. The van der Waals surface area contributed by atoms with Gasteiger partial charge in [-0.15, -0.1) is 0 Å². The molecule has 0 aromatic heterocycles. The van der Waals surface area contributed by atoms with Crippen molar-refractivity contribution in [3.63, 3.8) is 0 Å². The topological polar surface area (TPSA) is 79.8 Å². The summed E-state index contributed by atoms with van der Waals surface area (Å²) in [5, 5.41) is 8.85. The molecular formula is C22H20Cl2F3N3O3. The number of benzene rings is 2. The van der Waals surface area contributed by atoms with Crippen LogP contribution in [0.4, 0.5) is 13.2 Å². The summed E-state index contributed by atoms with van der Waals surface area (Å²) in [7, 11) is 0. The van der Waals surface area contributed by atoms with Crippen molar-refractivity contribution < 1.29 is 27.6 Å². The van der Waals surface area contributed by atoms with Crippen molar-refractivity contribution in [3.05, 3.63) is 68.7 Å². The predicted molar refractivity (Wildman–Crippen MR) is 119 cm³/mol. The van der Waals surface area contributed by atoms with Crippen LogP contribution >= 0.6 is 23.2 Å². The van der Waals surface area contributed by atoms with Crippen molar-refractivity contribution in [2.45, 2.75) is 32.0 Å². The number of aryl methyl sites for hydroxylation is 1. The fourth-order valence-electron chi connectivity index (χ4n) is 3.46. The van der Waals surface area contributed by atoms with E-state index >= 15 is 0 Å². The molecule has 1 unspecified atom stereocenters. The summed E-state index contributed by atoms with van der Waals surface area (Å²) in [5.41, 5.74) is -1.80. The van der Waals surface area contributed by atoms with E-state index in [0.717, 1.165) is 12.1 Å². The molecule has 33 heavy (non-hydrogen) atoms. The molecule has 2 amide bonds. The third-order valence-electron chi connectivity index (χ3n) is 5.10. The molecule has 0 fully saturated rings. The van der Waals surface area contributed by atoms with Crippen molar-refractivity contribution in [1.82, 2.24) is 10.6 Å². The van der Waals surface area contributed by atoms with Gasteiger partial charge in [-0.1, -0.05) is 34.4 Å². The highest BCUT2D eigenvalue weighted by atomic mass is 35.5. The van der Waals surface area contributed by atoms with E-state index in [1.807, 2.05) is 0 Å². The number of nitrogens with one attached hydrogen (secondary N) is 2. The summed E-state index contributed by atoms with van der Waals surface area (Å²) in [5.74, 6) is -0.810. The molecule has 1 atom stereocenters. The van der Waals surface area contributed by atoms with Crippen LogP contribution in [-0.2, 0) is 15.2 Å². The fraction of sp³-hybridized carbons (Fsp3) is 0.318. The normalized spacial score (nSPS) is 17.8. The lowest BCUT2D eigenvalue weighted by Crippen LogP contribution is -2.42. The molecule has 0 aliphatic carbocycles. The van der Waals surface area contributed by atoms with Crippen LogP contribution in [0.15, 0.2) is 41.6 Å². The van der Waals surface area contributed by atoms with Crippen LogP contribution in [0.3, 0.4) is 0 Å². The Kier molecular flexibility index (Phi) is 7.23. The van der Waals surface area contributed by atoms with Crippen LogP contribution in [0.2, 0.25) is 10.0 Å². The Morgan fingerprint density at radius 2 is 1.79 bits per heavy atom. The summed E-state index contributed by atoms with van der Waals surface area (Å²) < 4.78 is 42.4. The van der Waals surface area contributed by atoms with E-state index in [1.165, 1.54) is 18.2 Å². The molecule has 176 valence electrons. The minimum absolute atomic E-state index is 0.0389. The number of hydrogen-bond donors (Lipinski definition) is 2. The number of nitrogens with zero attached hydrogens (tertiary/aromatic N) is 1. The summed E-state index contributed by atoms with van der Waals surface area (Å²) in [6.45, 7) is 3.64. The molecule has 0 bridgehead atoms. The molecule has 11 heteroatoms. The molecule has 0 spiro atoms. The van der Waals surface area contributed by atoms with Gasteiger partial charge in [0.2, 0.25) is 5.91 Å². The number of oxime groups is 1. The highest BCUT2D eigenvalue weighted by Crippen LogP contribution is 2.49. The highest BCUT2D eigenvalue weighted by molar-refractivity contribution is 6.34. The first-order valence-electron chi connectivity index (χ1n) is 9.91. The maximum atomic E-state index is 14.1. The Morgan fingerprint density at radius 1 is 1.12 bits per heavy atom. The van der Waals surface area contributed by atoms with Crippen molar-refractivity contribution in [1.29, 1.82) is 0 Å². The molecule has 2 aromatic rings. The van der Waals surface area contributed by atoms with E-state index in [4.69, 9.17) is 28.0 Å². The number of amides is 2. The molecular weight excluding hydrogens is 482 g/mol. The summed E-state index contributed by atoms with van der Waals surface area (Å²) in [4.78, 5) is 28.9. The standard InChI is InChI=1S/C22H20Cl2F3N3O3/c1-3-28-19(31)11-29-20(32)17-5-4-13(6-12(17)2)18-10-21(33-30-18,22(25,26)27)14-7-15(23)9-16(24)8-14/h4-9H,3,10-11H2,1-2H3,(H,28,31)(H,29,32). The number of carbonyl (C=O) groups is 2. The molecule has 3 rings (SSSR count). The van der Waals surface area contributed by atoms with Gasteiger partial charge in [0.15, 0.2) is 0 Å². The molecule has 6 nitrogen and oxygen atoms in total. The van der Waals surface area contributed by atoms with Gasteiger partial charge in [0.25, 0.3) is 11.5 Å². The molecule has 0 radical (unpaired) electrons. The number of hydrogen-bond acceptors (Lipinski definition) is 4. The van der Waals surface area contributed by atoms with Gasteiger partial charge in [-0.05, 0) is 55.3 Å². The lowest BCUT2D eigenvalue weighted by atomic mass is 9.86. The van der Waals surface area contributed by atoms with Crippen LogP contribution in [0.5, 0.6) is 0 Å². The molecule has 2 N–H and O–H groups in total. The van der Waals surface area contributed by atoms with Crippen LogP contribution in [0.1, 0.15) is 40.4 Å². The number of halogens is 5. The van der Waals surface area contributed by atoms with Gasteiger partial charge >= 0.3 is 6.18 Å². The second kappa shape index (κ2) is 9.61. The highest BCUT2D eigenvalue weighted by Gasteiger charge is 2.62. The Morgan fingerprint density at radius 3 is 2.36 bits per heavy atom. The van der Waals surface area contributed by atoms with Gasteiger partial charge in [-0.3, -0.25) is 9.59 Å². The van der Waals surface area contributed by atoms with Crippen LogP contribution in [0, 0.1) is 6.92 Å². The zero-order valence-corrected chi connectivity index (χ0v) is 19.2. The molecule has 1 heterocycles. The second-order valence-corrected chi connectivity index (χ2v) is 8.33. The number of rotatable bonds is 6. The Bertz CT molecular complexity index is 1100. The smallest absolute Gasteiger partial charge is 0.374 e. The SMILES string of the molecule is CCNC(=O)CNC(=O)c1ccc(C2=NOC(c3cc(Cl)cc(Cl)c3)(C(F)(F)F)C2)cc1C. The zero-order chi connectivity index (χ0) is 24.4. The maximum absolute atomic E-state index is 14.1. The summed E-state index contributed by atoms with van der Waals surface area (Å²) >= 11 is 11.8. The van der Waals surface area contributed by atoms with Gasteiger partial charge < -0.3 is 15.5 Å². The Hall–Kier alpha value is -2.78. The molecule has 2 aromatic carbocycles. The van der Waals surface area contributed by atoms with Crippen LogP contribution < -0.4 is 10.6 Å². The average molecular weight is 502 g/mol. The van der Waals surface area contributed by atoms with E-state index in [0.29, 0.717) is 17.7 Å². The first-order valence-corrected chi connectivity index (χ1v) is 10.7. The molecule has 0 saturated heterocycles. The Balaban J connectivity index is 1.84. The number of carbonyl (C=O) groups excluding carboxylic acids is 2. The first kappa shape index (κ1) is 24.9. The zero-order valence-electron chi connectivity index (χ0n) is 17.6. The molecule has 0 saturated carbocycles. The van der Waals surface area contributed by atoms with E-state index < -0.39 is 24.1 Å². The average Bonchev–Trinajstić information content (AvgIpc) is 3.18.